The van der Waals surface area contributed by atoms with Crippen LogP contribution in [-0.2, 0) is 0 Å². The fourth-order valence-electron chi connectivity index (χ4n) is 1.06. The molecule has 0 saturated carbocycles. The fraction of sp³-hybridized carbons (Fsp3) is 0.455. The van der Waals surface area contributed by atoms with Gasteiger partial charge in [-0.2, -0.15) is 0 Å². The average molecular weight is 197 g/mol. The van der Waals surface area contributed by atoms with E-state index in [4.69, 9.17) is 10.5 Å². The Morgan fingerprint density at radius 2 is 2.00 bits per heavy atom. The standard InChI is InChI=1S/C11H16FNO/c1-2-10(13)7-8-14-11-5-3-9(12)4-6-11/h3-6,10H,2,7-8,13H2,1H3. The molecule has 78 valence electrons. The van der Waals surface area contributed by atoms with Crippen molar-refractivity contribution < 1.29 is 9.13 Å². The number of rotatable bonds is 5. The number of halogens is 1. The van der Waals surface area contributed by atoms with Gasteiger partial charge < -0.3 is 10.5 Å². The van der Waals surface area contributed by atoms with E-state index >= 15 is 0 Å². The molecule has 1 aromatic carbocycles. The minimum atomic E-state index is -0.248. The van der Waals surface area contributed by atoms with E-state index in [1.807, 2.05) is 6.92 Å². The van der Waals surface area contributed by atoms with Crippen LogP contribution in [0, 0.1) is 5.82 Å². The highest BCUT2D eigenvalue weighted by Gasteiger charge is 1.99. The van der Waals surface area contributed by atoms with Crippen molar-refractivity contribution >= 4 is 0 Å². The van der Waals surface area contributed by atoms with Crippen molar-refractivity contribution in [3.63, 3.8) is 0 Å². The maximum atomic E-state index is 12.5. The van der Waals surface area contributed by atoms with E-state index in [1.54, 1.807) is 12.1 Å². The number of nitrogens with two attached hydrogens (primary N) is 1. The Labute approximate surface area is 83.9 Å². The molecule has 0 aliphatic carbocycles. The first-order valence-electron chi connectivity index (χ1n) is 4.86. The highest BCUT2D eigenvalue weighted by molar-refractivity contribution is 5.21. The van der Waals surface area contributed by atoms with Crippen LogP contribution < -0.4 is 10.5 Å². The molecule has 0 fully saturated rings. The largest absolute Gasteiger partial charge is 0.494 e. The topological polar surface area (TPSA) is 35.2 Å². The van der Waals surface area contributed by atoms with Gasteiger partial charge in [0.15, 0.2) is 0 Å². The Balaban J connectivity index is 2.28. The average Bonchev–Trinajstić information content (AvgIpc) is 2.21. The Morgan fingerprint density at radius 3 is 2.57 bits per heavy atom. The Kier molecular flexibility index (Phi) is 4.40. The van der Waals surface area contributed by atoms with Crippen molar-refractivity contribution in [3.8, 4) is 5.75 Å². The van der Waals surface area contributed by atoms with Crippen molar-refractivity contribution in [3.05, 3.63) is 30.1 Å². The lowest BCUT2D eigenvalue weighted by Crippen LogP contribution is -2.21. The van der Waals surface area contributed by atoms with Crippen LogP contribution in [0.3, 0.4) is 0 Å². The van der Waals surface area contributed by atoms with Gasteiger partial charge in [-0.3, -0.25) is 0 Å². The van der Waals surface area contributed by atoms with Crippen molar-refractivity contribution in [2.24, 2.45) is 5.73 Å². The summed E-state index contributed by atoms with van der Waals surface area (Å²) in [5, 5.41) is 0. The fourth-order valence-corrected chi connectivity index (χ4v) is 1.06. The van der Waals surface area contributed by atoms with Crippen molar-refractivity contribution in [2.45, 2.75) is 25.8 Å². The van der Waals surface area contributed by atoms with Crippen LogP contribution in [0.25, 0.3) is 0 Å². The molecule has 0 aromatic heterocycles. The molecule has 2 N–H and O–H groups in total. The van der Waals surface area contributed by atoms with E-state index in [1.165, 1.54) is 12.1 Å². The van der Waals surface area contributed by atoms with Crippen LogP contribution in [0.15, 0.2) is 24.3 Å². The molecular weight excluding hydrogens is 181 g/mol. The summed E-state index contributed by atoms with van der Waals surface area (Å²) in [6.07, 6.45) is 1.78. The van der Waals surface area contributed by atoms with Crippen LogP contribution in [-0.4, -0.2) is 12.6 Å². The molecule has 0 radical (unpaired) electrons. The maximum Gasteiger partial charge on any atom is 0.123 e. The molecule has 1 atom stereocenters. The molecule has 1 unspecified atom stereocenters. The van der Waals surface area contributed by atoms with Gasteiger partial charge in [0.25, 0.3) is 0 Å². The first-order valence-corrected chi connectivity index (χ1v) is 4.86. The van der Waals surface area contributed by atoms with E-state index in [-0.39, 0.29) is 11.9 Å². The van der Waals surface area contributed by atoms with Crippen molar-refractivity contribution in [1.82, 2.24) is 0 Å². The van der Waals surface area contributed by atoms with Crippen LogP contribution in [0.2, 0.25) is 0 Å². The molecule has 0 amide bonds. The number of ether oxygens (including phenoxy) is 1. The molecular formula is C11H16FNO. The normalized spacial score (nSPS) is 12.5. The van der Waals surface area contributed by atoms with E-state index in [0.29, 0.717) is 12.4 Å². The van der Waals surface area contributed by atoms with Crippen LogP contribution in [0.1, 0.15) is 19.8 Å². The zero-order chi connectivity index (χ0) is 10.4. The second-order valence-electron chi connectivity index (χ2n) is 3.26. The molecule has 3 heteroatoms. The van der Waals surface area contributed by atoms with Gasteiger partial charge in [-0.25, -0.2) is 4.39 Å². The van der Waals surface area contributed by atoms with Gasteiger partial charge >= 0.3 is 0 Å². The summed E-state index contributed by atoms with van der Waals surface area (Å²) in [4.78, 5) is 0. The number of hydrogen-bond acceptors (Lipinski definition) is 2. The second kappa shape index (κ2) is 5.60. The predicted molar refractivity (Wildman–Crippen MR) is 54.8 cm³/mol. The summed E-state index contributed by atoms with van der Waals surface area (Å²) in [6, 6.07) is 6.19. The third-order valence-electron chi connectivity index (χ3n) is 2.10. The molecule has 0 bridgehead atoms. The lowest BCUT2D eigenvalue weighted by molar-refractivity contribution is 0.296. The third-order valence-corrected chi connectivity index (χ3v) is 2.10. The minimum absolute atomic E-state index is 0.190. The van der Waals surface area contributed by atoms with Gasteiger partial charge in [0.05, 0.1) is 6.61 Å². The Bertz CT molecular complexity index is 260. The third kappa shape index (κ3) is 3.75. The smallest absolute Gasteiger partial charge is 0.123 e. The van der Waals surface area contributed by atoms with Gasteiger partial charge in [-0.1, -0.05) is 6.92 Å². The monoisotopic (exact) mass is 197 g/mol. The lowest BCUT2D eigenvalue weighted by Gasteiger charge is -2.09. The number of hydrogen-bond donors (Lipinski definition) is 1. The van der Waals surface area contributed by atoms with E-state index in [9.17, 15) is 4.39 Å². The quantitative estimate of drug-likeness (QED) is 0.786. The number of benzene rings is 1. The zero-order valence-electron chi connectivity index (χ0n) is 8.37. The molecule has 0 spiro atoms. The second-order valence-corrected chi connectivity index (χ2v) is 3.26. The van der Waals surface area contributed by atoms with Gasteiger partial charge in [-0.15, -0.1) is 0 Å². The minimum Gasteiger partial charge on any atom is -0.494 e. The lowest BCUT2D eigenvalue weighted by atomic mass is 10.2. The highest BCUT2D eigenvalue weighted by Crippen LogP contribution is 2.11. The molecule has 2 nitrogen and oxygen atoms in total. The van der Waals surface area contributed by atoms with Crippen molar-refractivity contribution in [1.29, 1.82) is 0 Å². The van der Waals surface area contributed by atoms with Gasteiger partial charge in [0.2, 0.25) is 0 Å². The SMILES string of the molecule is CCC(N)CCOc1ccc(F)cc1. The van der Waals surface area contributed by atoms with Crippen LogP contribution in [0.4, 0.5) is 4.39 Å². The summed E-state index contributed by atoms with van der Waals surface area (Å²) in [6.45, 7) is 2.63. The molecule has 0 aliphatic heterocycles. The van der Waals surface area contributed by atoms with Gasteiger partial charge in [0.1, 0.15) is 11.6 Å². The molecule has 0 saturated heterocycles. The molecule has 0 aliphatic rings. The first kappa shape index (κ1) is 11.0. The summed E-state index contributed by atoms with van der Waals surface area (Å²) in [7, 11) is 0. The summed E-state index contributed by atoms with van der Waals surface area (Å²) >= 11 is 0. The maximum absolute atomic E-state index is 12.5. The van der Waals surface area contributed by atoms with E-state index in [0.717, 1.165) is 12.8 Å². The zero-order valence-corrected chi connectivity index (χ0v) is 8.37. The van der Waals surface area contributed by atoms with E-state index in [2.05, 4.69) is 0 Å². The molecule has 1 aromatic rings. The van der Waals surface area contributed by atoms with Crippen LogP contribution >= 0.6 is 0 Å². The van der Waals surface area contributed by atoms with Crippen molar-refractivity contribution in [2.75, 3.05) is 6.61 Å². The molecule has 1 rings (SSSR count). The van der Waals surface area contributed by atoms with Crippen LogP contribution in [0.5, 0.6) is 5.75 Å². The summed E-state index contributed by atoms with van der Waals surface area (Å²) in [5.41, 5.74) is 5.72. The summed E-state index contributed by atoms with van der Waals surface area (Å²) in [5.74, 6) is 0.442. The van der Waals surface area contributed by atoms with Gasteiger partial charge in [0, 0.05) is 6.04 Å². The predicted octanol–water partition coefficient (Wildman–Crippen LogP) is 2.33. The molecule has 0 heterocycles. The summed E-state index contributed by atoms with van der Waals surface area (Å²) < 4.78 is 17.9. The highest BCUT2D eigenvalue weighted by atomic mass is 19.1. The van der Waals surface area contributed by atoms with Gasteiger partial charge in [-0.05, 0) is 37.1 Å². The Hall–Kier alpha value is -1.09. The Morgan fingerprint density at radius 1 is 1.36 bits per heavy atom. The molecule has 14 heavy (non-hydrogen) atoms. The first-order chi connectivity index (χ1) is 6.72. The van der Waals surface area contributed by atoms with E-state index < -0.39 is 0 Å².